The van der Waals surface area contributed by atoms with E-state index in [0.29, 0.717) is 5.56 Å². The molecule has 0 radical (unpaired) electrons. The van der Waals surface area contributed by atoms with Gasteiger partial charge in [0.2, 0.25) is 5.91 Å². The Hall–Kier alpha value is -2.68. The minimum Gasteiger partial charge on any atom is -0.326 e. The Morgan fingerprint density at radius 1 is 0.952 bits per heavy atom. The first kappa shape index (κ1) is 14.7. The normalized spacial score (nSPS) is 10.6. The van der Waals surface area contributed by atoms with Gasteiger partial charge < -0.3 is 5.32 Å². The highest BCUT2D eigenvalue weighted by Crippen LogP contribution is 2.12. The maximum absolute atomic E-state index is 12.0. The molecule has 1 amide bonds. The van der Waals surface area contributed by atoms with Crippen LogP contribution in [0.2, 0.25) is 0 Å². The van der Waals surface area contributed by atoms with Crippen LogP contribution in [0.5, 0.6) is 0 Å². The minimum absolute atomic E-state index is 0.0269. The van der Waals surface area contributed by atoms with Crippen LogP contribution in [0.15, 0.2) is 54.6 Å². The molecule has 0 fully saturated rings. The fourth-order valence-electron chi connectivity index (χ4n) is 1.87. The lowest BCUT2D eigenvalue weighted by Gasteiger charge is -2.01. The summed E-state index contributed by atoms with van der Waals surface area (Å²) in [6, 6.07) is 14.8. The molecule has 0 aromatic heterocycles. The van der Waals surface area contributed by atoms with Crippen molar-refractivity contribution in [1.29, 1.82) is 0 Å². The number of carbonyl (C=O) groups excluding carboxylic acids is 2. The maximum Gasteiger partial charge on any atom is 0.221 e. The van der Waals surface area contributed by atoms with E-state index in [0.717, 1.165) is 16.8 Å². The second-order valence-electron chi connectivity index (χ2n) is 4.87. The van der Waals surface area contributed by atoms with Crippen LogP contribution in [0.3, 0.4) is 0 Å². The molecule has 1 N–H and O–H groups in total. The summed E-state index contributed by atoms with van der Waals surface area (Å²) in [5.41, 5.74) is 3.45. The molecule has 0 aliphatic carbocycles. The lowest BCUT2D eigenvalue weighted by Crippen LogP contribution is -2.05. The van der Waals surface area contributed by atoms with Crippen molar-refractivity contribution in [2.45, 2.75) is 13.8 Å². The smallest absolute Gasteiger partial charge is 0.221 e. The molecule has 21 heavy (non-hydrogen) atoms. The molecule has 106 valence electrons. The summed E-state index contributed by atoms with van der Waals surface area (Å²) in [5, 5.41) is 2.70. The number of hydrogen-bond acceptors (Lipinski definition) is 2. The van der Waals surface area contributed by atoms with E-state index >= 15 is 0 Å². The largest absolute Gasteiger partial charge is 0.326 e. The zero-order valence-corrected chi connectivity index (χ0v) is 12.1. The molecule has 0 aliphatic heterocycles. The molecule has 3 heteroatoms. The molecule has 0 spiro atoms. The van der Waals surface area contributed by atoms with Gasteiger partial charge in [-0.2, -0.15) is 0 Å². The number of anilines is 1. The van der Waals surface area contributed by atoms with Crippen LogP contribution in [-0.4, -0.2) is 11.7 Å². The molecule has 2 rings (SSSR count). The van der Waals surface area contributed by atoms with Gasteiger partial charge >= 0.3 is 0 Å². The van der Waals surface area contributed by atoms with Gasteiger partial charge in [-0.25, -0.2) is 0 Å². The van der Waals surface area contributed by atoms with Gasteiger partial charge in [-0.1, -0.05) is 48.0 Å². The molecular formula is C18H17NO2. The van der Waals surface area contributed by atoms with Crippen molar-refractivity contribution in [3.63, 3.8) is 0 Å². The van der Waals surface area contributed by atoms with Gasteiger partial charge in [-0.15, -0.1) is 0 Å². The second kappa shape index (κ2) is 6.66. The van der Waals surface area contributed by atoms with Crippen molar-refractivity contribution >= 4 is 23.5 Å². The highest BCUT2D eigenvalue weighted by Gasteiger charge is 2.00. The first-order chi connectivity index (χ1) is 10.0. The molecule has 0 unspecified atom stereocenters. The first-order valence-electron chi connectivity index (χ1n) is 6.71. The van der Waals surface area contributed by atoms with Crippen LogP contribution in [0.4, 0.5) is 5.69 Å². The molecule has 2 aromatic rings. The highest BCUT2D eigenvalue weighted by molar-refractivity contribution is 6.06. The van der Waals surface area contributed by atoms with Crippen molar-refractivity contribution in [2.75, 3.05) is 5.32 Å². The first-order valence-corrected chi connectivity index (χ1v) is 6.71. The lowest BCUT2D eigenvalue weighted by molar-refractivity contribution is -0.114. The summed E-state index contributed by atoms with van der Waals surface area (Å²) in [6.45, 7) is 3.45. The van der Waals surface area contributed by atoms with Gasteiger partial charge in [-0.05, 0) is 30.7 Å². The third kappa shape index (κ3) is 4.42. The summed E-state index contributed by atoms with van der Waals surface area (Å²) in [6.07, 6.45) is 3.32. The lowest BCUT2D eigenvalue weighted by atomic mass is 10.1. The Labute approximate surface area is 124 Å². The summed E-state index contributed by atoms with van der Waals surface area (Å²) in [7, 11) is 0. The summed E-state index contributed by atoms with van der Waals surface area (Å²) < 4.78 is 0. The minimum atomic E-state index is -0.104. The van der Waals surface area contributed by atoms with E-state index in [1.54, 1.807) is 24.3 Å². The fourth-order valence-corrected chi connectivity index (χ4v) is 1.87. The van der Waals surface area contributed by atoms with E-state index in [2.05, 4.69) is 5.32 Å². The zero-order valence-electron chi connectivity index (χ0n) is 12.1. The summed E-state index contributed by atoms with van der Waals surface area (Å²) >= 11 is 0. The van der Waals surface area contributed by atoms with Crippen molar-refractivity contribution < 1.29 is 9.59 Å². The molecule has 2 aromatic carbocycles. The molecule has 0 bridgehead atoms. The molecule has 0 heterocycles. The van der Waals surface area contributed by atoms with Crippen LogP contribution >= 0.6 is 0 Å². The third-order valence-corrected chi connectivity index (χ3v) is 2.99. The van der Waals surface area contributed by atoms with Gasteiger partial charge in [0.25, 0.3) is 0 Å². The molecule has 0 saturated carbocycles. The van der Waals surface area contributed by atoms with E-state index in [4.69, 9.17) is 0 Å². The van der Waals surface area contributed by atoms with Crippen LogP contribution < -0.4 is 5.32 Å². The van der Waals surface area contributed by atoms with E-state index in [1.165, 1.54) is 6.92 Å². The number of amides is 1. The zero-order chi connectivity index (χ0) is 15.2. The number of hydrogen-bond donors (Lipinski definition) is 1. The average molecular weight is 279 g/mol. The monoisotopic (exact) mass is 279 g/mol. The van der Waals surface area contributed by atoms with E-state index < -0.39 is 0 Å². The Morgan fingerprint density at radius 3 is 2.14 bits per heavy atom. The third-order valence-electron chi connectivity index (χ3n) is 2.99. The van der Waals surface area contributed by atoms with E-state index in [-0.39, 0.29) is 11.7 Å². The second-order valence-corrected chi connectivity index (χ2v) is 4.87. The Morgan fingerprint density at radius 2 is 1.57 bits per heavy atom. The van der Waals surface area contributed by atoms with E-state index in [9.17, 15) is 9.59 Å². The van der Waals surface area contributed by atoms with Crippen LogP contribution in [0.25, 0.3) is 6.08 Å². The summed E-state index contributed by atoms with van der Waals surface area (Å²) in [4.78, 5) is 22.9. The van der Waals surface area contributed by atoms with Crippen LogP contribution in [-0.2, 0) is 4.79 Å². The van der Waals surface area contributed by atoms with E-state index in [1.807, 2.05) is 43.3 Å². The van der Waals surface area contributed by atoms with Gasteiger partial charge in [0, 0.05) is 18.2 Å². The summed E-state index contributed by atoms with van der Waals surface area (Å²) in [5.74, 6) is -0.131. The van der Waals surface area contributed by atoms with Gasteiger partial charge in [0.05, 0.1) is 0 Å². The number of rotatable bonds is 4. The molecular weight excluding hydrogens is 262 g/mol. The quantitative estimate of drug-likeness (QED) is 0.682. The Kier molecular flexibility index (Phi) is 4.67. The maximum atomic E-state index is 12.0. The van der Waals surface area contributed by atoms with Crippen molar-refractivity contribution in [3.05, 3.63) is 71.3 Å². The number of carbonyl (C=O) groups is 2. The van der Waals surface area contributed by atoms with Crippen LogP contribution in [0.1, 0.15) is 28.4 Å². The van der Waals surface area contributed by atoms with Gasteiger partial charge in [-0.3, -0.25) is 9.59 Å². The molecule has 0 atom stereocenters. The number of benzene rings is 2. The Balaban J connectivity index is 2.05. The molecule has 0 aliphatic rings. The predicted octanol–water partition coefficient (Wildman–Crippen LogP) is 3.85. The van der Waals surface area contributed by atoms with Gasteiger partial charge in [0.15, 0.2) is 5.78 Å². The number of nitrogens with one attached hydrogen (secondary N) is 1. The van der Waals surface area contributed by atoms with Crippen molar-refractivity contribution in [1.82, 2.24) is 0 Å². The number of aryl methyl sites for hydroxylation is 1. The Bertz CT molecular complexity index is 667. The number of allylic oxidation sites excluding steroid dienone is 1. The van der Waals surface area contributed by atoms with Crippen molar-refractivity contribution in [2.24, 2.45) is 0 Å². The molecule has 3 nitrogen and oxygen atoms in total. The average Bonchev–Trinajstić information content (AvgIpc) is 2.46. The van der Waals surface area contributed by atoms with Gasteiger partial charge in [0.1, 0.15) is 0 Å². The highest BCUT2D eigenvalue weighted by atomic mass is 16.1. The number of ketones is 1. The van der Waals surface area contributed by atoms with Crippen LogP contribution in [0, 0.1) is 6.92 Å². The van der Waals surface area contributed by atoms with Crippen molar-refractivity contribution in [3.8, 4) is 0 Å². The predicted molar refractivity (Wildman–Crippen MR) is 85.3 cm³/mol. The topological polar surface area (TPSA) is 46.2 Å². The SMILES string of the molecule is CC(=O)Nc1ccc(C=CC(=O)c2ccc(C)cc2)cc1. The molecule has 0 saturated heterocycles. The fraction of sp³-hybridized carbons (Fsp3) is 0.111. The standard InChI is InChI=1S/C18H17NO2/c1-13-3-8-16(9-4-13)18(21)12-7-15-5-10-17(11-6-15)19-14(2)20/h3-12H,1-2H3,(H,19,20).